The first-order valence-corrected chi connectivity index (χ1v) is 9.29. The quantitative estimate of drug-likeness (QED) is 0.891. The molecule has 2 aliphatic carbocycles. The molecule has 3 aliphatic rings. The van der Waals surface area contributed by atoms with Gasteiger partial charge in [-0.3, -0.25) is 4.90 Å². The summed E-state index contributed by atoms with van der Waals surface area (Å²) in [7, 11) is 0. The summed E-state index contributed by atoms with van der Waals surface area (Å²) in [6.45, 7) is 2.45. The van der Waals surface area contributed by atoms with Crippen LogP contribution in [0.5, 0.6) is 0 Å². The molecule has 0 radical (unpaired) electrons. The van der Waals surface area contributed by atoms with Gasteiger partial charge in [-0.1, -0.05) is 18.9 Å². The number of nitrogens with zero attached hydrogens (tertiary/aromatic N) is 1. The van der Waals surface area contributed by atoms with E-state index in [1.54, 1.807) is 0 Å². The van der Waals surface area contributed by atoms with Crippen LogP contribution >= 0.6 is 11.3 Å². The monoisotopic (exact) mass is 290 g/mol. The molecular weight excluding hydrogens is 264 g/mol. The van der Waals surface area contributed by atoms with Crippen molar-refractivity contribution in [1.82, 2.24) is 10.2 Å². The minimum absolute atomic E-state index is 0.753. The van der Waals surface area contributed by atoms with Crippen molar-refractivity contribution in [3.05, 3.63) is 22.4 Å². The van der Waals surface area contributed by atoms with Crippen LogP contribution in [0.25, 0.3) is 0 Å². The number of hydrogen-bond donors (Lipinski definition) is 1. The first kappa shape index (κ1) is 13.3. The van der Waals surface area contributed by atoms with E-state index in [0.717, 1.165) is 24.0 Å². The standard InChI is InChI=1S/C17H26N2S/c1-2-6-17-13(4-1)10-14(18-17)11-19(15-7-8-15)12-16-5-3-9-20-16/h3,5,9,13-15,17-18H,1-2,4,6-8,10-12H2. The van der Waals surface area contributed by atoms with Crippen molar-refractivity contribution in [1.29, 1.82) is 0 Å². The Balaban J connectivity index is 1.36. The molecular formula is C17H26N2S. The Bertz CT molecular complexity index is 412. The Labute approximate surface area is 126 Å². The summed E-state index contributed by atoms with van der Waals surface area (Å²) < 4.78 is 0. The van der Waals surface area contributed by atoms with Crippen molar-refractivity contribution >= 4 is 11.3 Å². The zero-order chi connectivity index (χ0) is 13.4. The van der Waals surface area contributed by atoms with E-state index in [4.69, 9.17) is 0 Å². The van der Waals surface area contributed by atoms with Gasteiger partial charge in [0.25, 0.3) is 0 Å². The van der Waals surface area contributed by atoms with Crippen LogP contribution in [-0.4, -0.2) is 29.6 Å². The van der Waals surface area contributed by atoms with Crippen LogP contribution < -0.4 is 5.32 Å². The number of thiophene rings is 1. The van der Waals surface area contributed by atoms with E-state index in [9.17, 15) is 0 Å². The highest BCUT2D eigenvalue weighted by atomic mass is 32.1. The molecule has 0 aromatic carbocycles. The first-order chi connectivity index (χ1) is 9.88. The van der Waals surface area contributed by atoms with Crippen molar-refractivity contribution in [3.63, 3.8) is 0 Å². The van der Waals surface area contributed by atoms with Crippen LogP contribution in [0.3, 0.4) is 0 Å². The molecule has 3 atom stereocenters. The lowest BCUT2D eigenvalue weighted by atomic mass is 9.85. The Hall–Kier alpha value is -0.380. The Morgan fingerprint density at radius 2 is 2.10 bits per heavy atom. The third kappa shape index (κ3) is 2.95. The average Bonchev–Trinajstić information content (AvgIpc) is 3.03. The smallest absolute Gasteiger partial charge is 0.0331 e. The molecule has 2 heterocycles. The fourth-order valence-electron chi connectivity index (χ4n) is 4.24. The lowest BCUT2D eigenvalue weighted by molar-refractivity contribution is 0.230. The average molecular weight is 290 g/mol. The second-order valence-electron chi connectivity index (χ2n) is 6.99. The van der Waals surface area contributed by atoms with Crippen molar-refractivity contribution in [2.24, 2.45) is 5.92 Å². The Kier molecular flexibility index (Phi) is 3.84. The minimum Gasteiger partial charge on any atom is -0.310 e. The maximum Gasteiger partial charge on any atom is 0.0331 e. The van der Waals surface area contributed by atoms with Gasteiger partial charge in [-0.05, 0) is 49.5 Å². The summed E-state index contributed by atoms with van der Waals surface area (Å²) in [5, 5.41) is 6.16. The molecule has 3 heteroatoms. The second kappa shape index (κ2) is 5.78. The summed E-state index contributed by atoms with van der Waals surface area (Å²) in [6, 6.07) is 6.96. The van der Waals surface area contributed by atoms with Gasteiger partial charge in [0.15, 0.2) is 0 Å². The van der Waals surface area contributed by atoms with Gasteiger partial charge in [-0.2, -0.15) is 0 Å². The van der Waals surface area contributed by atoms with E-state index in [1.165, 1.54) is 62.9 Å². The van der Waals surface area contributed by atoms with E-state index in [1.807, 2.05) is 11.3 Å². The van der Waals surface area contributed by atoms with Crippen LogP contribution in [0.15, 0.2) is 17.5 Å². The zero-order valence-electron chi connectivity index (χ0n) is 12.3. The summed E-state index contributed by atoms with van der Waals surface area (Å²) in [4.78, 5) is 4.29. The molecule has 1 aromatic rings. The van der Waals surface area contributed by atoms with Gasteiger partial charge in [-0.15, -0.1) is 11.3 Å². The SMILES string of the molecule is c1csc(CN(CC2CC3CCCCC3N2)C2CC2)c1. The van der Waals surface area contributed by atoms with Crippen LogP contribution in [-0.2, 0) is 6.54 Å². The van der Waals surface area contributed by atoms with E-state index in [-0.39, 0.29) is 0 Å². The van der Waals surface area contributed by atoms with Crippen LogP contribution in [0.4, 0.5) is 0 Å². The molecule has 2 saturated carbocycles. The van der Waals surface area contributed by atoms with Gasteiger partial charge in [0, 0.05) is 36.1 Å². The fourth-order valence-corrected chi connectivity index (χ4v) is 4.97. The molecule has 1 aromatic heterocycles. The molecule has 1 saturated heterocycles. The van der Waals surface area contributed by atoms with Gasteiger partial charge in [0.1, 0.15) is 0 Å². The molecule has 2 nitrogen and oxygen atoms in total. The lowest BCUT2D eigenvalue weighted by Gasteiger charge is -2.26. The highest BCUT2D eigenvalue weighted by Gasteiger charge is 2.38. The second-order valence-corrected chi connectivity index (χ2v) is 8.02. The lowest BCUT2D eigenvalue weighted by Crippen LogP contribution is -2.41. The molecule has 0 amide bonds. The van der Waals surface area contributed by atoms with Gasteiger partial charge < -0.3 is 5.32 Å². The molecule has 4 rings (SSSR count). The fraction of sp³-hybridized carbons (Fsp3) is 0.765. The van der Waals surface area contributed by atoms with Gasteiger partial charge in [-0.25, -0.2) is 0 Å². The van der Waals surface area contributed by atoms with Crippen molar-refractivity contribution in [3.8, 4) is 0 Å². The number of rotatable bonds is 5. The third-order valence-corrected chi connectivity index (χ3v) is 6.26. The highest BCUT2D eigenvalue weighted by molar-refractivity contribution is 7.09. The maximum atomic E-state index is 3.95. The molecule has 110 valence electrons. The first-order valence-electron chi connectivity index (χ1n) is 8.41. The summed E-state index contributed by atoms with van der Waals surface area (Å²) in [5.74, 6) is 0.983. The molecule has 0 bridgehead atoms. The van der Waals surface area contributed by atoms with Crippen molar-refractivity contribution < 1.29 is 0 Å². The Morgan fingerprint density at radius 1 is 1.20 bits per heavy atom. The predicted octanol–water partition coefficient (Wildman–Crippen LogP) is 3.63. The van der Waals surface area contributed by atoms with Crippen LogP contribution in [0.1, 0.15) is 49.8 Å². The van der Waals surface area contributed by atoms with Crippen molar-refractivity contribution in [2.45, 2.75) is 69.6 Å². The molecule has 0 spiro atoms. The van der Waals surface area contributed by atoms with Gasteiger partial charge in [0.2, 0.25) is 0 Å². The molecule has 3 fully saturated rings. The summed E-state index contributed by atoms with van der Waals surface area (Å²) in [6.07, 6.45) is 10.1. The molecule has 1 aliphatic heterocycles. The van der Waals surface area contributed by atoms with E-state index in [0.29, 0.717) is 0 Å². The number of nitrogens with one attached hydrogen (secondary N) is 1. The van der Waals surface area contributed by atoms with E-state index >= 15 is 0 Å². The third-order valence-electron chi connectivity index (χ3n) is 5.40. The van der Waals surface area contributed by atoms with E-state index in [2.05, 4.69) is 27.7 Å². The van der Waals surface area contributed by atoms with Gasteiger partial charge in [0.05, 0.1) is 0 Å². The van der Waals surface area contributed by atoms with Crippen molar-refractivity contribution in [2.75, 3.05) is 6.54 Å². The molecule has 20 heavy (non-hydrogen) atoms. The summed E-state index contributed by atoms with van der Waals surface area (Å²) >= 11 is 1.91. The number of fused-ring (bicyclic) bond motifs is 1. The maximum absolute atomic E-state index is 3.95. The predicted molar refractivity (Wildman–Crippen MR) is 85.0 cm³/mol. The number of hydrogen-bond acceptors (Lipinski definition) is 3. The summed E-state index contributed by atoms with van der Waals surface area (Å²) in [5.41, 5.74) is 0. The van der Waals surface area contributed by atoms with E-state index < -0.39 is 0 Å². The zero-order valence-corrected chi connectivity index (χ0v) is 13.1. The van der Waals surface area contributed by atoms with Crippen LogP contribution in [0, 0.1) is 5.92 Å². The highest BCUT2D eigenvalue weighted by Crippen LogP contribution is 2.35. The topological polar surface area (TPSA) is 15.3 Å². The molecule has 1 N–H and O–H groups in total. The van der Waals surface area contributed by atoms with Crippen LogP contribution in [0.2, 0.25) is 0 Å². The normalized spacial score (nSPS) is 33.5. The minimum atomic E-state index is 0.753. The van der Waals surface area contributed by atoms with Gasteiger partial charge >= 0.3 is 0 Å². The molecule has 3 unspecified atom stereocenters. The Morgan fingerprint density at radius 3 is 2.85 bits per heavy atom. The largest absolute Gasteiger partial charge is 0.310 e.